The number of nitrogens with one attached hydrogen (secondary N) is 1. The first-order valence-corrected chi connectivity index (χ1v) is 8.84. The van der Waals surface area contributed by atoms with Gasteiger partial charge in [-0.2, -0.15) is 0 Å². The van der Waals surface area contributed by atoms with Gasteiger partial charge in [-0.25, -0.2) is 0 Å². The number of anilines is 1. The topological polar surface area (TPSA) is 101 Å². The van der Waals surface area contributed by atoms with Crippen LogP contribution in [0.1, 0.15) is 28.8 Å². The van der Waals surface area contributed by atoms with Gasteiger partial charge < -0.3 is 16.0 Å². The fourth-order valence-electron chi connectivity index (χ4n) is 3.04. The Hall–Kier alpha value is -2.67. The lowest BCUT2D eigenvalue weighted by Crippen LogP contribution is -2.35. The highest BCUT2D eigenvalue weighted by atomic mass is 35.5. The second kappa shape index (κ2) is 8.14. The molecular formula is C18H20ClN5O2. The molecule has 0 spiro atoms. The number of amides is 2. The summed E-state index contributed by atoms with van der Waals surface area (Å²) < 4.78 is 0. The summed E-state index contributed by atoms with van der Waals surface area (Å²) in [6.45, 7) is 1.36. The van der Waals surface area contributed by atoms with E-state index in [1.807, 2.05) is 23.1 Å². The van der Waals surface area contributed by atoms with E-state index in [2.05, 4.69) is 27.6 Å². The molecule has 3 N–H and O–H groups in total. The Morgan fingerprint density at radius 1 is 1.31 bits per heavy atom. The van der Waals surface area contributed by atoms with E-state index in [4.69, 9.17) is 17.3 Å². The van der Waals surface area contributed by atoms with E-state index in [-0.39, 0.29) is 22.4 Å². The Kier molecular flexibility index (Phi) is 5.68. The molecule has 1 aromatic carbocycles. The number of rotatable bonds is 7. The zero-order valence-corrected chi connectivity index (χ0v) is 14.9. The van der Waals surface area contributed by atoms with Crippen molar-refractivity contribution in [1.82, 2.24) is 15.1 Å². The molecule has 1 aromatic heterocycles. The summed E-state index contributed by atoms with van der Waals surface area (Å²) in [7, 11) is 0. The minimum atomic E-state index is -0.672. The maximum Gasteiger partial charge on any atom is 0.252 e. The Morgan fingerprint density at radius 2 is 2.08 bits per heavy atom. The minimum Gasteiger partial charge on any atom is -0.365 e. The van der Waals surface area contributed by atoms with E-state index >= 15 is 0 Å². The van der Waals surface area contributed by atoms with Gasteiger partial charge >= 0.3 is 0 Å². The third-order valence-corrected chi connectivity index (χ3v) is 4.56. The fraction of sp³-hybridized carbons (Fsp3) is 0.333. The molecule has 1 fully saturated rings. The number of hydrogen-bond donors (Lipinski definition) is 2. The number of aromatic nitrogens is 2. The Morgan fingerprint density at radius 3 is 2.81 bits per heavy atom. The summed E-state index contributed by atoms with van der Waals surface area (Å²) in [6, 6.07) is 11.1. The maximum absolute atomic E-state index is 12.6. The van der Waals surface area contributed by atoms with Gasteiger partial charge in [0, 0.05) is 13.1 Å². The van der Waals surface area contributed by atoms with Crippen molar-refractivity contribution >= 4 is 29.2 Å². The van der Waals surface area contributed by atoms with Crippen molar-refractivity contribution in [3.8, 4) is 0 Å². The second-order valence-electron chi connectivity index (χ2n) is 6.19. The molecule has 1 aliphatic heterocycles. The highest BCUT2D eigenvalue weighted by Crippen LogP contribution is 2.20. The van der Waals surface area contributed by atoms with Gasteiger partial charge in [0.1, 0.15) is 6.04 Å². The van der Waals surface area contributed by atoms with Crippen LogP contribution < -0.4 is 11.1 Å². The SMILES string of the molecule is NC(=O)c1cc(Cl)nnc1NC1CCN(CCCc2ccccc2)C1=O. The third-order valence-electron chi connectivity index (χ3n) is 4.37. The molecule has 0 bridgehead atoms. The third kappa shape index (κ3) is 4.29. The van der Waals surface area contributed by atoms with Gasteiger partial charge in [0.05, 0.1) is 5.56 Å². The number of primary amides is 1. The van der Waals surface area contributed by atoms with Gasteiger partial charge in [-0.15, -0.1) is 10.2 Å². The quantitative estimate of drug-likeness (QED) is 0.771. The van der Waals surface area contributed by atoms with E-state index in [0.717, 1.165) is 12.8 Å². The van der Waals surface area contributed by atoms with Crippen LogP contribution in [0, 0.1) is 0 Å². The Balaban J connectivity index is 1.57. The molecule has 0 radical (unpaired) electrons. The summed E-state index contributed by atoms with van der Waals surface area (Å²) in [4.78, 5) is 25.9. The van der Waals surface area contributed by atoms with Crippen LogP contribution in [0.5, 0.6) is 0 Å². The molecule has 1 aliphatic rings. The first kappa shape index (κ1) is 18.1. The largest absolute Gasteiger partial charge is 0.365 e. The zero-order valence-electron chi connectivity index (χ0n) is 14.2. The van der Waals surface area contributed by atoms with Gasteiger partial charge in [-0.05, 0) is 30.9 Å². The lowest BCUT2D eigenvalue weighted by atomic mass is 10.1. The van der Waals surface area contributed by atoms with Gasteiger partial charge in [0.15, 0.2) is 11.0 Å². The van der Waals surface area contributed by atoms with Crippen molar-refractivity contribution in [3.05, 3.63) is 52.7 Å². The average Bonchev–Trinajstić information content (AvgIpc) is 2.97. The fourth-order valence-corrected chi connectivity index (χ4v) is 3.19. The normalized spacial score (nSPS) is 16.7. The summed E-state index contributed by atoms with van der Waals surface area (Å²) >= 11 is 5.75. The van der Waals surface area contributed by atoms with Crippen molar-refractivity contribution in [1.29, 1.82) is 0 Å². The number of hydrogen-bond acceptors (Lipinski definition) is 5. The first-order valence-electron chi connectivity index (χ1n) is 8.47. The van der Waals surface area contributed by atoms with E-state index in [1.54, 1.807) is 0 Å². The van der Waals surface area contributed by atoms with Gasteiger partial charge in [0.2, 0.25) is 5.91 Å². The molecule has 2 amide bonds. The molecule has 0 saturated carbocycles. The van der Waals surface area contributed by atoms with E-state index in [9.17, 15) is 9.59 Å². The molecule has 1 atom stereocenters. The standard InChI is InChI=1S/C18H20ClN5O2/c19-15-11-13(16(20)25)17(23-22-15)21-14-8-10-24(18(14)26)9-4-7-12-5-2-1-3-6-12/h1-3,5-6,11,14H,4,7-10H2,(H2,20,25)(H,21,23). The van der Waals surface area contributed by atoms with Crippen LogP contribution in [0.15, 0.2) is 36.4 Å². The molecule has 7 nitrogen and oxygen atoms in total. The van der Waals surface area contributed by atoms with Crippen molar-refractivity contribution < 1.29 is 9.59 Å². The summed E-state index contributed by atoms with van der Waals surface area (Å²) in [5.74, 6) is -0.494. The monoisotopic (exact) mass is 373 g/mol. The van der Waals surface area contributed by atoms with E-state index in [1.165, 1.54) is 11.6 Å². The highest BCUT2D eigenvalue weighted by Gasteiger charge is 2.32. The predicted octanol–water partition coefficient (Wildman–Crippen LogP) is 1.87. The van der Waals surface area contributed by atoms with Crippen LogP contribution in [0.2, 0.25) is 5.15 Å². The van der Waals surface area contributed by atoms with Crippen molar-refractivity contribution in [2.45, 2.75) is 25.3 Å². The number of benzene rings is 1. The zero-order chi connectivity index (χ0) is 18.5. The first-order chi connectivity index (χ1) is 12.5. The highest BCUT2D eigenvalue weighted by molar-refractivity contribution is 6.29. The molecule has 0 aliphatic carbocycles. The molecule has 2 aromatic rings. The molecule has 1 saturated heterocycles. The predicted molar refractivity (Wildman–Crippen MR) is 98.9 cm³/mol. The number of carbonyl (C=O) groups is 2. The number of aryl methyl sites for hydroxylation is 1. The Bertz CT molecular complexity index is 799. The molecule has 1 unspecified atom stereocenters. The van der Waals surface area contributed by atoms with Gasteiger partial charge in [-0.3, -0.25) is 9.59 Å². The maximum atomic E-state index is 12.6. The molecule has 136 valence electrons. The van der Waals surface area contributed by atoms with Crippen LogP contribution >= 0.6 is 11.6 Å². The minimum absolute atomic E-state index is 0.00904. The van der Waals surface area contributed by atoms with Crippen LogP contribution in [0.4, 0.5) is 5.82 Å². The lowest BCUT2D eigenvalue weighted by molar-refractivity contribution is -0.128. The van der Waals surface area contributed by atoms with Crippen molar-refractivity contribution in [2.24, 2.45) is 5.73 Å². The molecule has 2 heterocycles. The van der Waals surface area contributed by atoms with E-state index < -0.39 is 11.9 Å². The van der Waals surface area contributed by atoms with Crippen LogP contribution in [-0.2, 0) is 11.2 Å². The molecule has 3 rings (SSSR count). The second-order valence-corrected chi connectivity index (χ2v) is 6.58. The number of nitrogens with two attached hydrogens (primary N) is 1. The van der Waals surface area contributed by atoms with Gasteiger partial charge in [0.25, 0.3) is 5.91 Å². The smallest absolute Gasteiger partial charge is 0.252 e. The Labute approximate surface area is 156 Å². The number of likely N-dealkylation sites (tertiary alicyclic amines) is 1. The van der Waals surface area contributed by atoms with Crippen LogP contribution in [-0.4, -0.2) is 46.0 Å². The van der Waals surface area contributed by atoms with Crippen molar-refractivity contribution in [2.75, 3.05) is 18.4 Å². The van der Waals surface area contributed by atoms with Gasteiger partial charge in [-0.1, -0.05) is 41.9 Å². The van der Waals surface area contributed by atoms with Crippen molar-refractivity contribution in [3.63, 3.8) is 0 Å². The van der Waals surface area contributed by atoms with Crippen LogP contribution in [0.25, 0.3) is 0 Å². The molecule has 26 heavy (non-hydrogen) atoms. The van der Waals surface area contributed by atoms with E-state index in [0.29, 0.717) is 19.5 Å². The summed E-state index contributed by atoms with van der Waals surface area (Å²) in [6.07, 6.45) is 2.46. The molecular weight excluding hydrogens is 354 g/mol. The number of carbonyl (C=O) groups excluding carboxylic acids is 2. The van der Waals surface area contributed by atoms with Crippen LogP contribution in [0.3, 0.4) is 0 Å². The lowest BCUT2D eigenvalue weighted by Gasteiger charge is -2.17. The molecule has 8 heteroatoms. The number of nitrogens with zero attached hydrogens (tertiary/aromatic N) is 3. The summed E-state index contributed by atoms with van der Waals surface area (Å²) in [5.41, 5.74) is 6.73. The average molecular weight is 374 g/mol. The summed E-state index contributed by atoms with van der Waals surface area (Å²) in [5, 5.41) is 10.6. The number of halogens is 1.